The first-order valence-corrected chi connectivity index (χ1v) is 8.36. The predicted octanol–water partition coefficient (Wildman–Crippen LogP) is 2.80. The minimum Gasteiger partial charge on any atom is -0.465 e. The van der Waals surface area contributed by atoms with E-state index in [1.54, 1.807) is 48.5 Å². The molecule has 7 nitrogen and oxygen atoms in total. The Morgan fingerprint density at radius 1 is 1.18 bits per heavy atom. The molecule has 7 heteroatoms. The van der Waals surface area contributed by atoms with E-state index < -0.39 is 17.5 Å². The maximum atomic E-state index is 12.8. The van der Waals surface area contributed by atoms with Crippen molar-refractivity contribution in [3.8, 4) is 11.8 Å². The summed E-state index contributed by atoms with van der Waals surface area (Å²) >= 11 is 0. The fourth-order valence-corrected chi connectivity index (χ4v) is 3.33. The van der Waals surface area contributed by atoms with E-state index in [2.05, 4.69) is 0 Å². The third kappa shape index (κ3) is 2.59. The van der Waals surface area contributed by atoms with Gasteiger partial charge in [0.05, 0.1) is 29.5 Å². The zero-order valence-electron chi connectivity index (χ0n) is 14.8. The summed E-state index contributed by atoms with van der Waals surface area (Å²) in [4.78, 5) is 24.4. The smallest absolute Gasteiger partial charge is 0.344 e. The molecule has 0 saturated carbocycles. The number of methoxy groups -OCH3 is 1. The number of ether oxygens (including phenoxy) is 2. The number of nitrogens with two attached hydrogens (primary N) is 1. The van der Waals surface area contributed by atoms with Crippen molar-refractivity contribution < 1.29 is 18.7 Å². The van der Waals surface area contributed by atoms with Crippen LogP contribution in [0.25, 0.3) is 11.0 Å². The van der Waals surface area contributed by atoms with Crippen LogP contribution in [0.5, 0.6) is 5.75 Å². The van der Waals surface area contributed by atoms with Gasteiger partial charge in [0.2, 0.25) is 5.88 Å². The lowest BCUT2D eigenvalue weighted by molar-refractivity contribution is 0.0600. The molecule has 0 amide bonds. The van der Waals surface area contributed by atoms with Gasteiger partial charge in [-0.15, -0.1) is 0 Å². The van der Waals surface area contributed by atoms with Crippen LogP contribution >= 0.6 is 0 Å². The highest BCUT2D eigenvalue weighted by atomic mass is 16.5. The molecular formula is C21H14N2O5. The number of esters is 1. The van der Waals surface area contributed by atoms with Crippen LogP contribution in [0.15, 0.2) is 69.2 Å². The fraction of sp³-hybridized carbons (Fsp3) is 0.0952. The molecule has 0 unspecified atom stereocenters. The number of carbonyl (C=O) groups excluding carboxylic acids is 1. The van der Waals surface area contributed by atoms with E-state index in [9.17, 15) is 14.9 Å². The largest absolute Gasteiger partial charge is 0.465 e. The van der Waals surface area contributed by atoms with Crippen LogP contribution in [0.4, 0.5) is 0 Å². The van der Waals surface area contributed by atoms with Crippen LogP contribution in [0.1, 0.15) is 27.4 Å². The highest BCUT2D eigenvalue weighted by Gasteiger charge is 2.35. The number of rotatable bonds is 2. The van der Waals surface area contributed by atoms with Crippen molar-refractivity contribution in [2.75, 3.05) is 7.11 Å². The summed E-state index contributed by atoms with van der Waals surface area (Å²) in [6, 6.07) is 15.4. The molecule has 28 heavy (non-hydrogen) atoms. The summed E-state index contributed by atoms with van der Waals surface area (Å²) in [6.07, 6.45) is 0. The molecule has 0 fully saturated rings. The van der Waals surface area contributed by atoms with Crippen LogP contribution in [-0.2, 0) is 4.74 Å². The third-order valence-corrected chi connectivity index (χ3v) is 4.64. The minimum atomic E-state index is -0.777. The van der Waals surface area contributed by atoms with Gasteiger partial charge in [0.15, 0.2) is 5.75 Å². The quantitative estimate of drug-likeness (QED) is 0.541. The average molecular weight is 374 g/mol. The highest BCUT2D eigenvalue weighted by Crippen LogP contribution is 2.43. The second-order valence-electron chi connectivity index (χ2n) is 6.17. The molecule has 0 radical (unpaired) electrons. The molecule has 4 rings (SSSR count). The Labute approximate surface area is 159 Å². The number of para-hydroxylation sites is 1. The molecule has 1 aliphatic heterocycles. The fourth-order valence-electron chi connectivity index (χ4n) is 3.33. The molecule has 1 aromatic heterocycles. The van der Waals surface area contributed by atoms with Crippen LogP contribution in [0, 0.1) is 11.3 Å². The lowest BCUT2D eigenvalue weighted by Gasteiger charge is -2.26. The lowest BCUT2D eigenvalue weighted by Crippen LogP contribution is -2.26. The SMILES string of the molecule is COC(=O)c1ccc([C@@H]2C(C#N)=C(N)Oc3c2c(=O)oc2ccccc32)cc1. The van der Waals surface area contributed by atoms with Gasteiger partial charge in [0.25, 0.3) is 0 Å². The van der Waals surface area contributed by atoms with Crippen molar-refractivity contribution >= 4 is 16.9 Å². The first kappa shape index (κ1) is 17.4. The molecule has 2 heterocycles. The number of hydrogen-bond acceptors (Lipinski definition) is 7. The highest BCUT2D eigenvalue weighted by molar-refractivity contribution is 5.89. The topological polar surface area (TPSA) is 116 Å². The molecule has 0 saturated heterocycles. The number of hydrogen-bond donors (Lipinski definition) is 1. The van der Waals surface area contributed by atoms with Gasteiger partial charge < -0.3 is 19.6 Å². The van der Waals surface area contributed by atoms with Gasteiger partial charge in [0, 0.05) is 0 Å². The number of fused-ring (bicyclic) bond motifs is 3. The summed E-state index contributed by atoms with van der Waals surface area (Å²) in [5.74, 6) is -1.07. The summed E-state index contributed by atoms with van der Waals surface area (Å²) in [6.45, 7) is 0. The maximum Gasteiger partial charge on any atom is 0.344 e. The molecule has 1 aliphatic rings. The Balaban J connectivity index is 1.97. The van der Waals surface area contributed by atoms with E-state index >= 15 is 0 Å². The minimum absolute atomic E-state index is 0.0761. The van der Waals surface area contributed by atoms with Crippen molar-refractivity contribution in [1.29, 1.82) is 5.26 Å². The van der Waals surface area contributed by atoms with Crippen molar-refractivity contribution in [2.24, 2.45) is 5.73 Å². The zero-order valence-corrected chi connectivity index (χ0v) is 14.8. The van der Waals surface area contributed by atoms with Crippen molar-refractivity contribution in [1.82, 2.24) is 0 Å². The van der Waals surface area contributed by atoms with E-state index in [0.29, 0.717) is 22.1 Å². The van der Waals surface area contributed by atoms with Gasteiger partial charge in [-0.2, -0.15) is 5.26 Å². The second kappa shape index (κ2) is 6.59. The van der Waals surface area contributed by atoms with E-state index in [1.165, 1.54) is 7.11 Å². The molecule has 0 spiro atoms. The van der Waals surface area contributed by atoms with E-state index in [4.69, 9.17) is 19.6 Å². The number of carbonyl (C=O) groups is 1. The maximum absolute atomic E-state index is 12.8. The number of benzene rings is 2. The standard InChI is InChI=1S/C21H14N2O5/c1-26-20(24)12-8-6-11(7-9-12)16-14(10-22)19(23)28-18-13-4-2-3-5-15(13)27-21(25)17(16)18/h2-9,16H,23H2,1H3/t16-/m1/s1. The third-order valence-electron chi connectivity index (χ3n) is 4.64. The second-order valence-corrected chi connectivity index (χ2v) is 6.17. The van der Waals surface area contributed by atoms with Gasteiger partial charge >= 0.3 is 11.6 Å². The lowest BCUT2D eigenvalue weighted by atomic mass is 9.83. The monoisotopic (exact) mass is 374 g/mol. The van der Waals surface area contributed by atoms with Crippen LogP contribution in [-0.4, -0.2) is 13.1 Å². The molecule has 2 N–H and O–H groups in total. The normalized spacial score (nSPS) is 15.5. The molecule has 2 aromatic carbocycles. The molecule has 0 aliphatic carbocycles. The number of nitriles is 1. The summed E-state index contributed by atoms with van der Waals surface area (Å²) in [5.41, 5.74) is 6.98. The summed E-state index contributed by atoms with van der Waals surface area (Å²) in [5, 5.41) is 10.2. The Hall–Kier alpha value is -4.05. The zero-order chi connectivity index (χ0) is 19.8. The Morgan fingerprint density at radius 2 is 1.89 bits per heavy atom. The Morgan fingerprint density at radius 3 is 2.57 bits per heavy atom. The Kier molecular flexibility index (Phi) is 4.09. The van der Waals surface area contributed by atoms with Crippen LogP contribution < -0.4 is 16.1 Å². The van der Waals surface area contributed by atoms with Gasteiger partial charge in [-0.25, -0.2) is 9.59 Å². The first-order chi connectivity index (χ1) is 13.5. The van der Waals surface area contributed by atoms with Gasteiger partial charge in [0.1, 0.15) is 17.2 Å². The molecule has 1 atom stereocenters. The summed E-state index contributed by atoms with van der Waals surface area (Å²) in [7, 11) is 1.29. The molecule has 3 aromatic rings. The summed E-state index contributed by atoms with van der Waals surface area (Å²) < 4.78 is 15.8. The predicted molar refractivity (Wildman–Crippen MR) is 99.6 cm³/mol. The van der Waals surface area contributed by atoms with Crippen molar-refractivity contribution in [2.45, 2.75) is 5.92 Å². The van der Waals surface area contributed by atoms with Crippen LogP contribution in [0.2, 0.25) is 0 Å². The van der Waals surface area contributed by atoms with E-state index in [1.807, 2.05) is 6.07 Å². The van der Waals surface area contributed by atoms with Crippen LogP contribution in [0.3, 0.4) is 0 Å². The number of allylic oxidation sites excluding steroid dienone is 1. The first-order valence-electron chi connectivity index (χ1n) is 8.36. The van der Waals surface area contributed by atoms with E-state index in [0.717, 1.165) is 0 Å². The molecule has 138 valence electrons. The van der Waals surface area contributed by atoms with Crippen molar-refractivity contribution in [3.05, 3.63) is 87.1 Å². The average Bonchev–Trinajstić information content (AvgIpc) is 2.72. The number of nitrogens with zero attached hydrogens (tertiary/aromatic N) is 1. The van der Waals surface area contributed by atoms with E-state index in [-0.39, 0.29) is 22.8 Å². The van der Waals surface area contributed by atoms with Gasteiger partial charge in [-0.3, -0.25) is 0 Å². The Bertz CT molecular complexity index is 1230. The molecule has 0 bridgehead atoms. The van der Waals surface area contributed by atoms with Gasteiger partial charge in [-0.1, -0.05) is 24.3 Å². The molecular weight excluding hydrogens is 360 g/mol. The van der Waals surface area contributed by atoms with Gasteiger partial charge in [-0.05, 0) is 29.8 Å². The van der Waals surface area contributed by atoms with Crippen molar-refractivity contribution in [3.63, 3.8) is 0 Å².